The molecular weight excluding hydrogens is 444 g/mol. The second-order valence-electron chi connectivity index (χ2n) is 9.38. The highest BCUT2D eigenvalue weighted by Gasteiger charge is 2.38. The molecule has 1 saturated carbocycles. The smallest absolute Gasteiger partial charge is 0.227 e. The molecule has 3 aliphatic rings. The zero-order valence-electron chi connectivity index (χ0n) is 18.4. The Hall–Kier alpha value is -1.70. The molecule has 1 saturated heterocycles. The van der Waals surface area contributed by atoms with E-state index in [0.29, 0.717) is 17.5 Å². The van der Waals surface area contributed by atoms with Crippen molar-refractivity contribution in [1.29, 1.82) is 0 Å². The molecule has 2 aromatic rings. The fourth-order valence-corrected chi connectivity index (χ4v) is 6.59. The quantitative estimate of drug-likeness (QED) is 0.673. The average Bonchev–Trinajstić information content (AvgIpc) is 2.98. The summed E-state index contributed by atoms with van der Waals surface area (Å²) in [6.45, 7) is 1.85. The number of aliphatic hydroxyl groups is 1. The van der Waals surface area contributed by atoms with Crippen molar-refractivity contribution < 1.29 is 9.32 Å². The molecule has 2 aliphatic heterocycles. The van der Waals surface area contributed by atoms with E-state index < -0.39 is 10.8 Å². The van der Waals surface area contributed by atoms with Crippen LogP contribution in [0.3, 0.4) is 0 Å². The Kier molecular flexibility index (Phi) is 6.41. The zero-order chi connectivity index (χ0) is 22.1. The normalized spacial score (nSPS) is 23.2. The lowest BCUT2D eigenvalue weighted by Crippen LogP contribution is -2.49. The fourth-order valence-electron chi connectivity index (χ4n) is 5.07. The number of nitrogens with zero attached hydrogens (tertiary/aromatic N) is 3. The first-order valence-electron chi connectivity index (χ1n) is 11.8. The molecule has 0 spiro atoms. The first kappa shape index (κ1) is 22.1. The van der Waals surface area contributed by atoms with Crippen LogP contribution in [0.2, 0.25) is 5.02 Å². The molecule has 5 rings (SSSR count). The summed E-state index contributed by atoms with van der Waals surface area (Å²) in [7, 11) is -1.10. The van der Waals surface area contributed by atoms with E-state index in [1.54, 1.807) is 0 Å². The fraction of sp³-hybridized carbons (Fsp3) is 0.583. The Morgan fingerprint density at radius 2 is 1.88 bits per heavy atom. The number of aromatic nitrogens is 2. The molecule has 32 heavy (non-hydrogen) atoms. The van der Waals surface area contributed by atoms with Gasteiger partial charge in [-0.05, 0) is 75.0 Å². The second kappa shape index (κ2) is 9.27. The Morgan fingerprint density at radius 1 is 1.12 bits per heavy atom. The van der Waals surface area contributed by atoms with Gasteiger partial charge in [0.05, 0.1) is 28.6 Å². The molecule has 1 aromatic heterocycles. The van der Waals surface area contributed by atoms with Crippen LogP contribution in [-0.4, -0.2) is 50.3 Å². The van der Waals surface area contributed by atoms with Crippen molar-refractivity contribution in [1.82, 2.24) is 9.97 Å². The van der Waals surface area contributed by atoms with Crippen LogP contribution in [0.1, 0.15) is 62.1 Å². The third-order valence-corrected chi connectivity index (χ3v) is 9.06. The van der Waals surface area contributed by atoms with Gasteiger partial charge in [-0.25, -0.2) is 4.98 Å². The minimum atomic E-state index is -1.10. The lowest BCUT2D eigenvalue weighted by molar-refractivity contribution is 0.143. The van der Waals surface area contributed by atoms with Crippen LogP contribution >= 0.6 is 11.6 Å². The average molecular weight is 475 g/mol. The van der Waals surface area contributed by atoms with Gasteiger partial charge in [0.1, 0.15) is 10.7 Å². The van der Waals surface area contributed by atoms with E-state index in [9.17, 15) is 9.32 Å². The third-order valence-electron chi connectivity index (χ3n) is 7.26. The topological polar surface area (TPSA) is 78.4 Å². The van der Waals surface area contributed by atoms with Crippen LogP contribution < -0.4 is 10.2 Å². The standard InChI is InChI=1S/C24H31ClN4O2S/c25-19-7-5-17(6-8-19)18-9-13-29(14-10-18)23-26-20-4-1-2-15-32(31)21(20)22(27-23)28-24(16-30)11-3-12-24/h5-8,18,30H,1-4,9-16H2,(H,26,27,28). The van der Waals surface area contributed by atoms with Crippen molar-refractivity contribution in [2.24, 2.45) is 0 Å². The Labute approximate surface area is 197 Å². The zero-order valence-corrected chi connectivity index (χ0v) is 19.9. The summed E-state index contributed by atoms with van der Waals surface area (Å²) in [5.74, 6) is 2.58. The third kappa shape index (κ3) is 4.39. The van der Waals surface area contributed by atoms with Crippen molar-refractivity contribution in [3.05, 3.63) is 40.5 Å². The van der Waals surface area contributed by atoms with Gasteiger partial charge in [-0.3, -0.25) is 4.21 Å². The van der Waals surface area contributed by atoms with Crippen LogP contribution in [0.4, 0.5) is 11.8 Å². The summed E-state index contributed by atoms with van der Waals surface area (Å²) in [5.41, 5.74) is 1.92. The Balaban J connectivity index is 1.40. The van der Waals surface area contributed by atoms with Crippen molar-refractivity contribution in [3.8, 4) is 0 Å². The molecule has 1 aromatic carbocycles. The van der Waals surface area contributed by atoms with Crippen molar-refractivity contribution in [2.45, 2.75) is 67.7 Å². The van der Waals surface area contributed by atoms with Crippen LogP contribution in [0.25, 0.3) is 0 Å². The number of piperidine rings is 1. The van der Waals surface area contributed by atoms with Gasteiger partial charge in [0.2, 0.25) is 5.95 Å². The molecule has 1 atom stereocenters. The Morgan fingerprint density at radius 3 is 2.53 bits per heavy atom. The van der Waals surface area contributed by atoms with E-state index in [-0.39, 0.29) is 12.1 Å². The number of halogens is 1. The highest BCUT2D eigenvalue weighted by molar-refractivity contribution is 7.85. The van der Waals surface area contributed by atoms with Gasteiger partial charge in [-0.1, -0.05) is 23.7 Å². The van der Waals surface area contributed by atoms with E-state index in [2.05, 4.69) is 22.3 Å². The van der Waals surface area contributed by atoms with Gasteiger partial charge in [-0.2, -0.15) is 4.98 Å². The number of aliphatic hydroxyl groups excluding tert-OH is 1. The molecule has 0 amide bonds. The molecule has 6 nitrogen and oxygen atoms in total. The molecule has 0 bridgehead atoms. The van der Waals surface area contributed by atoms with Crippen LogP contribution in [0, 0.1) is 0 Å². The molecule has 1 unspecified atom stereocenters. The number of aryl methyl sites for hydroxylation is 1. The predicted molar refractivity (Wildman–Crippen MR) is 129 cm³/mol. The maximum absolute atomic E-state index is 13.0. The second-order valence-corrected chi connectivity index (χ2v) is 11.3. The first-order valence-corrected chi connectivity index (χ1v) is 13.5. The maximum Gasteiger partial charge on any atom is 0.227 e. The molecule has 2 N–H and O–H groups in total. The summed E-state index contributed by atoms with van der Waals surface area (Å²) in [4.78, 5) is 12.9. The minimum absolute atomic E-state index is 0.0697. The summed E-state index contributed by atoms with van der Waals surface area (Å²) >= 11 is 6.05. The number of nitrogens with one attached hydrogen (secondary N) is 1. The van der Waals surface area contributed by atoms with Gasteiger partial charge in [0, 0.05) is 23.9 Å². The molecule has 172 valence electrons. The molecule has 2 fully saturated rings. The lowest BCUT2D eigenvalue weighted by atomic mass is 9.77. The summed E-state index contributed by atoms with van der Waals surface area (Å²) in [5, 5.41) is 14.3. The van der Waals surface area contributed by atoms with Crippen LogP contribution in [0.15, 0.2) is 29.2 Å². The van der Waals surface area contributed by atoms with E-state index in [1.165, 1.54) is 5.56 Å². The number of anilines is 2. The van der Waals surface area contributed by atoms with E-state index in [1.807, 2.05) is 12.1 Å². The molecule has 3 heterocycles. The largest absolute Gasteiger partial charge is 0.394 e. The maximum atomic E-state index is 13.0. The van der Waals surface area contributed by atoms with Crippen LogP contribution in [0.5, 0.6) is 0 Å². The monoisotopic (exact) mass is 474 g/mol. The highest BCUT2D eigenvalue weighted by atomic mass is 35.5. The number of rotatable bonds is 5. The van der Waals surface area contributed by atoms with Crippen molar-refractivity contribution >= 4 is 34.2 Å². The van der Waals surface area contributed by atoms with Crippen LogP contribution in [-0.2, 0) is 17.2 Å². The van der Waals surface area contributed by atoms with Gasteiger partial charge >= 0.3 is 0 Å². The van der Waals surface area contributed by atoms with E-state index in [4.69, 9.17) is 21.6 Å². The summed E-state index contributed by atoms with van der Waals surface area (Å²) < 4.78 is 13.0. The number of hydrogen-bond donors (Lipinski definition) is 2. The SMILES string of the molecule is O=S1CCCCc2nc(N3CCC(c4ccc(Cl)cc4)CC3)nc(NC3(CO)CCC3)c21. The summed E-state index contributed by atoms with van der Waals surface area (Å²) in [6.07, 6.45) is 7.77. The highest BCUT2D eigenvalue weighted by Crippen LogP contribution is 2.38. The summed E-state index contributed by atoms with van der Waals surface area (Å²) in [6, 6.07) is 8.19. The number of fused-ring (bicyclic) bond motifs is 1. The van der Waals surface area contributed by atoms with Crippen molar-refractivity contribution in [2.75, 3.05) is 35.7 Å². The van der Waals surface area contributed by atoms with Gasteiger partial charge in [-0.15, -0.1) is 0 Å². The van der Waals surface area contributed by atoms with Gasteiger partial charge in [0.25, 0.3) is 0 Å². The van der Waals surface area contributed by atoms with Gasteiger partial charge in [0.15, 0.2) is 0 Å². The lowest BCUT2D eigenvalue weighted by Gasteiger charge is -2.42. The minimum Gasteiger partial charge on any atom is -0.394 e. The van der Waals surface area contributed by atoms with E-state index >= 15 is 0 Å². The van der Waals surface area contributed by atoms with Crippen molar-refractivity contribution in [3.63, 3.8) is 0 Å². The number of hydrogen-bond acceptors (Lipinski definition) is 6. The van der Waals surface area contributed by atoms with E-state index in [0.717, 1.165) is 86.0 Å². The predicted octanol–water partition coefficient (Wildman–Crippen LogP) is 4.28. The Bertz CT molecular complexity index is 983. The number of benzene rings is 1. The first-order chi connectivity index (χ1) is 15.6. The molecule has 1 aliphatic carbocycles. The molecule has 8 heteroatoms. The van der Waals surface area contributed by atoms with Gasteiger partial charge < -0.3 is 15.3 Å². The molecule has 0 radical (unpaired) electrons. The molecular formula is C24H31ClN4O2S.